The first kappa shape index (κ1) is 19.5. The Bertz CT molecular complexity index is 1140. The number of aromatic carboxylic acids is 1. The maximum absolute atomic E-state index is 12.3. The molecular weight excluding hydrogens is 402 g/mol. The normalized spacial score (nSPS) is 17.4. The Morgan fingerprint density at radius 3 is 2.77 bits per heavy atom. The first-order valence-corrected chi connectivity index (χ1v) is 9.93. The van der Waals surface area contributed by atoms with Crippen LogP contribution in [0.15, 0.2) is 81.9 Å². The zero-order valence-corrected chi connectivity index (χ0v) is 16.4. The molecule has 0 bridgehead atoms. The zero-order chi connectivity index (χ0) is 20.9. The number of nitrogens with one attached hydrogen (secondary N) is 2. The molecule has 1 aliphatic rings. The molecule has 30 heavy (non-hydrogen) atoms. The number of carboxylic acids is 1. The predicted molar refractivity (Wildman–Crippen MR) is 116 cm³/mol. The minimum atomic E-state index is -1.00. The fourth-order valence-electron chi connectivity index (χ4n) is 2.81. The van der Waals surface area contributed by atoms with E-state index in [4.69, 9.17) is 9.52 Å². The molecule has 0 amide bonds. The Labute approximate surface area is 176 Å². The lowest BCUT2D eigenvalue weighted by Crippen LogP contribution is -2.30. The first-order chi connectivity index (χ1) is 14.6. The number of hydrogen-bond donors (Lipinski definition) is 3. The minimum absolute atomic E-state index is 0.131. The fraction of sp³-hybridized carbons (Fsp3) is 0.0455. The Kier molecular flexibility index (Phi) is 5.67. The molecule has 1 atom stereocenters. The Balaban J connectivity index is 1.43. The van der Waals surface area contributed by atoms with Gasteiger partial charge < -0.3 is 14.8 Å². The van der Waals surface area contributed by atoms with Gasteiger partial charge in [0.25, 0.3) is 0 Å². The number of furan rings is 1. The highest BCUT2D eigenvalue weighted by Crippen LogP contribution is 2.27. The summed E-state index contributed by atoms with van der Waals surface area (Å²) in [6.07, 6.45) is 3.29. The van der Waals surface area contributed by atoms with E-state index in [0.717, 1.165) is 17.3 Å². The van der Waals surface area contributed by atoms with Crippen molar-refractivity contribution in [2.75, 3.05) is 0 Å². The van der Waals surface area contributed by atoms with Crippen molar-refractivity contribution >= 4 is 35.1 Å². The molecule has 0 saturated carbocycles. The van der Waals surface area contributed by atoms with Crippen LogP contribution >= 0.6 is 11.8 Å². The van der Waals surface area contributed by atoms with Gasteiger partial charge in [-0.3, -0.25) is 10.2 Å². The number of carbonyl (C=O) groups is 2. The molecule has 3 aromatic rings. The second-order valence-electron chi connectivity index (χ2n) is 6.37. The molecule has 1 saturated heterocycles. The van der Waals surface area contributed by atoms with Gasteiger partial charge in [0.1, 0.15) is 11.5 Å². The van der Waals surface area contributed by atoms with Crippen LogP contribution in [0.2, 0.25) is 0 Å². The van der Waals surface area contributed by atoms with E-state index in [-0.39, 0.29) is 16.2 Å². The quantitative estimate of drug-likeness (QED) is 0.317. The van der Waals surface area contributed by atoms with Crippen LogP contribution in [0.1, 0.15) is 21.7 Å². The summed E-state index contributed by atoms with van der Waals surface area (Å²) in [5, 5.41) is 16.2. The summed E-state index contributed by atoms with van der Waals surface area (Å²) in [4.78, 5) is 23.4. The summed E-state index contributed by atoms with van der Waals surface area (Å²) >= 11 is 1.09. The van der Waals surface area contributed by atoms with Crippen LogP contribution in [0.5, 0.6) is 0 Å². The lowest BCUT2D eigenvalue weighted by Gasteiger charge is -2.07. The molecule has 3 N–H and O–H groups in total. The maximum Gasteiger partial charge on any atom is 0.335 e. The molecular formula is C22H17N3O4S. The van der Waals surface area contributed by atoms with Crippen molar-refractivity contribution in [3.05, 3.63) is 89.3 Å². The number of carboxylic acid groups (broad SMARTS) is 1. The third-order valence-electron chi connectivity index (χ3n) is 4.24. The number of carbonyl (C=O) groups excluding carboxylic acids is 1. The number of rotatable bonds is 6. The standard InChI is InChI=1S/C22H17N3O4S/c26-20(27)16-8-4-7-15(11-16)19-10-9-17(29-19)12-18-21(28)30-22(24-18)25-23-13-14-5-2-1-3-6-14/h1-13,22,24-25H,(H,26,27)/b18-12+,23-13?/t22-/m1/s1. The predicted octanol–water partition coefficient (Wildman–Crippen LogP) is 3.76. The highest BCUT2D eigenvalue weighted by atomic mass is 32.2. The minimum Gasteiger partial charge on any atom is -0.478 e. The van der Waals surface area contributed by atoms with Crippen LogP contribution in [0.3, 0.4) is 0 Å². The molecule has 0 aliphatic carbocycles. The summed E-state index contributed by atoms with van der Waals surface area (Å²) in [7, 11) is 0. The first-order valence-electron chi connectivity index (χ1n) is 9.05. The molecule has 0 radical (unpaired) electrons. The third-order valence-corrected chi connectivity index (χ3v) is 5.14. The smallest absolute Gasteiger partial charge is 0.335 e. The average molecular weight is 419 g/mol. The van der Waals surface area contributed by atoms with Gasteiger partial charge in [-0.2, -0.15) is 5.10 Å². The van der Waals surface area contributed by atoms with Crippen LogP contribution < -0.4 is 10.7 Å². The molecule has 1 aromatic heterocycles. The van der Waals surface area contributed by atoms with Crippen LogP contribution in [-0.2, 0) is 4.79 Å². The topological polar surface area (TPSA) is 104 Å². The van der Waals surface area contributed by atoms with Gasteiger partial charge in [0, 0.05) is 11.6 Å². The van der Waals surface area contributed by atoms with Gasteiger partial charge in [0.2, 0.25) is 5.12 Å². The van der Waals surface area contributed by atoms with E-state index in [0.29, 0.717) is 22.8 Å². The summed E-state index contributed by atoms with van der Waals surface area (Å²) < 4.78 is 5.77. The SMILES string of the molecule is O=C1S[C@@H](NN=Cc2ccccc2)N/C1=C/c1ccc(-c2cccc(C(=O)O)c2)o1. The van der Waals surface area contributed by atoms with Crippen LogP contribution in [0, 0.1) is 0 Å². The van der Waals surface area contributed by atoms with Gasteiger partial charge in [0.05, 0.1) is 17.5 Å². The molecule has 150 valence electrons. The number of hydrazone groups is 1. The van der Waals surface area contributed by atoms with E-state index in [9.17, 15) is 9.59 Å². The molecule has 4 rings (SSSR count). The van der Waals surface area contributed by atoms with Gasteiger partial charge in [-0.1, -0.05) is 42.5 Å². The summed E-state index contributed by atoms with van der Waals surface area (Å²) in [5.74, 6) is -0.00205. The fourth-order valence-corrected chi connectivity index (χ4v) is 3.57. The maximum atomic E-state index is 12.3. The second kappa shape index (κ2) is 8.71. The summed E-state index contributed by atoms with van der Waals surface area (Å²) in [6.45, 7) is 0. The highest BCUT2D eigenvalue weighted by Gasteiger charge is 2.27. The van der Waals surface area contributed by atoms with Crippen molar-refractivity contribution in [1.29, 1.82) is 0 Å². The average Bonchev–Trinajstić information content (AvgIpc) is 3.36. The van der Waals surface area contributed by atoms with Crippen LogP contribution in [0.4, 0.5) is 0 Å². The van der Waals surface area contributed by atoms with E-state index in [2.05, 4.69) is 15.8 Å². The zero-order valence-electron chi connectivity index (χ0n) is 15.6. The Hall–Kier alpha value is -3.78. The van der Waals surface area contributed by atoms with E-state index in [1.165, 1.54) is 12.1 Å². The molecule has 1 fully saturated rings. The molecule has 2 heterocycles. The van der Waals surface area contributed by atoms with Gasteiger partial charge in [0.15, 0.2) is 5.50 Å². The highest BCUT2D eigenvalue weighted by molar-refractivity contribution is 8.15. The lowest BCUT2D eigenvalue weighted by molar-refractivity contribution is -0.107. The number of nitrogens with zero attached hydrogens (tertiary/aromatic N) is 1. The molecule has 2 aromatic carbocycles. The second-order valence-corrected chi connectivity index (χ2v) is 7.45. The molecule has 1 aliphatic heterocycles. The van der Waals surface area contributed by atoms with Crippen molar-refractivity contribution in [3.8, 4) is 11.3 Å². The van der Waals surface area contributed by atoms with E-state index < -0.39 is 5.97 Å². The molecule has 8 heteroatoms. The van der Waals surface area contributed by atoms with Gasteiger partial charge in [-0.15, -0.1) is 0 Å². The van der Waals surface area contributed by atoms with Crippen molar-refractivity contribution < 1.29 is 19.1 Å². The summed E-state index contributed by atoms with van der Waals surface area (Å²) in [6, 6.07) is 19.6. The Morgan fingerprint density at radius 1 is 1.13 bits per heavy atom. The van der Waals surface area contributed by atoms with Gasteiger partial charge in [-0.05, 0) is 41.6 Å². The number of hydrogen-bond acceptors (Lipinski definition) is 7. The van der Waals surface area contributed by atoms with Gasteiger partial charge >= 0.3 is 5.97 Å². The van der Waals surface area contributed by atoms with Crippen molar-refractivity contribution in [3.63, 3.8) is 0 Å². The largest absolute Gasteiger partial charge is 0.478 e. The van der Waals surface area contributed by atoms with Gasteiger partial charge in [-0.25, -0.2) is 4.79 Å². The monoisotopic (exact) mass is 419 g/mol. The lowest BCUT2D eigenvalue weighted by atomic mass is 10.1. The van der Waals surface area contributed by atoms with Crippen LogP contribution in [-0.4, -0.2) is 27.9 Å². The molecule has 0 spiro atoms. The number of thioether (sulfide) groups is 1. The Morgan fingerprint density at radius 2 is 1.97 bits per heavy atom. The molecule has 0 unspecified atom stereocenters. The van der Waals surface area contributed by atoms with Crippen molar-refractivity contribution in [2.24, 2.45) is 5.10 Å². The molecule has 7 nitrogen and oxygen atoms in total. The van der Waals surface area contributed by atoms with E-state index >= 15 is 0 Å². The van der Waals surface area contributed by atoms with E-state index in [1.807, 2.05) is 30.3 Å². The third kappa shape index (κ3) is 4.61. The summed E-state index contributed by atoms with van der Waals surface area (Å²) in [5.41, 5.74) is 4.68. The van der Waals surface area contributed by atoms with Crippen molar-refractivity contribution in [2.45, 2.75) is 5.50 Å². The number of benzene rings is 2. The van der Waals surface area contributed by atoms with Crippen LogP contribution in [0.25, 0.3) is 17.4 Å². The van der Waals surface area contributed by atoms with Crippen molar-refractivity contribution in [1.82, 2.24) is 10.7 Å². The van der Waals surface area contributed by atoms with E-state index in [1.54, 1.807) is 36.6 Å².